The van der Waals surface area contributed by atoms with E-state index in [1.54, 1.807) is 29.3 Å². The third kappa shape index (κ3) is 3.00. The van der Waals surface area contributed by atoms with E-state index in [1.165, 1.54) is 7.11 Å². The third-order valence-corrected chi connectivity index (χ3v) is 5.24. The van der Waals surface area contributed by atoms with E-state index in [1.807, 2.05) is 24.3 Å². The van der Waals surface area contributed by atoms with E-state index in [9.17, 15) is 14.4 Å². The first-order valence-electron chi connectivity index (χ1n) is 8.24. The first-order valence-corrected chi connectivity index (χ1v) is 9.03. The number of methoxy groups -OCH3 is 1. The van der Waals surface area contributed by atoms with E-state index in [4.69, 9.17) is 9.57 Å². The number of amides is 2. The van der Waals surface area contributed by atoms with Crippen LogP contribution in [-0.2, 0) is 19.2 Å². The van der Waals surface area contributed by atoms with Gasteiger partial charge in [0.2, 0.25) is 5.91 Å². The molecule has 2 aromatic rings. The predicted molar refractivity (Wildman–Crippen MR) is 98.7 cm³/mol. The second-order valence-corrected chi connectivity index (χ2v) is 7.18. The molecule has 8 heteroatoms. The highest BCUT2D eigenvalue weighted by Crippen LogP contribution is 2.44. The van der Waals surface area contributed by atoms with E-state index in [0.29, 0.717) is 5.56 Å². The monoisotopic (exact) mass is 430 g/mol. The molecule has 2 aliphatic rings. The van der Waals surface area contributed by atoms with Gasteiger partial charge in [-0.15, -0.1) is 0 Å². The molecule has 0 radical (unpaired) electrons. The number of ether oxygens (including phenoxy) is 1. The van der Waals surface area contributed by atoms with Crippen LogP contribution in [0.4, 0.5) is 5.69 Å². The average Bonchev–Trinajstić information content (AvgIpc) is 3.20. The molecule has 3 atom stereocenters. The number of benzene rings is 2. The number of esters is 1. The molecular weight excluding hydrogens is 416 g/mol. The van der Waals surface area contributed by atoms with E-state index < -0.39 is 29.9 Å². The van der Waals surface area contributed by atoms with Crippen LogP contribution in [0.15, 0.2) is 53.0 Å². The second kappa shape index (κ2) is 6.79. The van der Waals surface area contributed by atoms with E-state index >= 15 is 0 Å². The van der Waals surface area contributed by atoms with Gasteiger partial charge < -0.3 is 4.74 Å². The molecule has 138 valence electrons. The minimum absolute atomic E-state index is 0.369. The van der Waals surface area contributed by atoms with Crippen molar-refractivity contribution >= 4 is 39.4 Å². The van der Waals surface area contributed by atoms with Crippen molar-refractivity contribution in [3.63, 3.8) is 0 Å². The molecule has 7 nitrogen and oxygen atoms in total. The van der Waals surface area contributed by atoms with Crippen LogP contribution in [0.1, 0.15) is 22.0 Å². The van der Waals surface area contributed by atoms with Gasteiger partial charge >= 0.3 is 5.97 Å². The number of nitrogens with one attached hydrogen (secondary N) is 1. The number of hydrogen-bond acceptors (Lipinski definition) is 6. The van der Waals surface area contributed by atoms with Crippen molar-refractivity contribution in [2.75, 3.05) is 12.2 Å². The van der Waals surface area contributed by atoms with Crippen molar-refractivity contribution in [2.45, 2.75) is 12.1 Å². The number of fused-ring (bicyclic) bond motifs is 1. The van der Waals surface area contributed by atoms with Crippen LogP contribution in [0.5, 0.6) is 0 Å². The van der Waals surface area contributed by atoms with E-state index in [2.05, 4.69) is 21.2 Å². The Labute approximate surface area is 163 Å². The first-order chi connectivity index (χ1) is 13.0. The van der Waals surface area contributed by atoms with Gasteiger partial charge in [0.05, 0.1) is 24.4 Å². The van der Waals surface area contributed by atoms with E-state index in [0.717, 1.165) is 15.7 Å². The van der Waals surface area contributed by atoms with Crippen LogP contribution >= 0.6 is 15.9 Å². The molecule has 27 heavy (non-hydrogen) atoms. The summed E-state index contributed by atoms with van der Waals surface area (Å²) in [4.78, 5) is 42.0. The summed E-state index contributed by atoms with van der Waals surface area (Å²) in [5.74, 6) is -1.93. The van der Waals surface area contributed by atoms with Crippen LogP contribution in [0.25, 0.3) is 0 Å². The number of hydrogen-bond donors (Lipinski definition) is 1. The van der Waals surface area contributed by atoms with Crippen LogP contribution in [0.3, 0.4) is 0 Å². The molecule has 2 aromatic carbocycles. The molecule has 0 unspecified atom stereocenters. The van der Waals surface area contributed by atoms with Gasteiger partial charge in [0.15, 0.2) is 6.10 Å². The summed E-state index contributed by atoms with van der Waals surface area (Å²) >= 11 is 3.39. The lowest BCUT2D eigenvalue weighted by atomic mass is 9.90. The van der Waals surface area contributed by atoms with Crippen molar-refractivity contribution in [1.29, 1.82) is 0 Å². The number of carbonyl (C=O) groups is 3. The van der Waals surface area contributed by atoms with Gasteiger partial charge in [0.1, 0.15) is 5.92 Å². The lowest BCUT2D eigenvalue weighted by Gasteiger charge is -2.27. The Morgan fingerprint density at radius 2 is 1.74 bits per heavy atom. The lowest BCUT2D eigenvalue weighted by Crippen LogP contribution is -2.33. The van der Waals surface area contributed by atoms with Crippen LogP contribution in [0.2, 0.25) is 0 Å². The fourth-order valence-electron chi connectivity index (χ4n) is 3.42. The molecular formula is C19H15BrN2O5. The Morgan fingerprint density at radius 3 is 2.37 bits per heavy atom. The Morgan fingerprint density at radius 1 is 1.07 bits per heavy atom. The number of imide groups is 1. The Balaban J connectivity index is 1.75. The lowest BCUT2D eigenvalue weighted by molar-refractivity contribution is -0.129. The molecule has 2 heterocycles. The van der Waals surface area contributed by atoms with Crippen LogP contribution < -0.4 is 10.4 Å². The zero-order valence-corrected chi connectivity index (χ0v) is 15.8. The second-order valence-electron chi connectivity index (χ2n) is 6.27. The molecule has 0 aromatic heterocycles. The Kier molecular flexibility index (Phi) is 4.45. The summed E-state index contributed by atoms with van der Waals surface area (Å²) in [6, 6.07) is 13.6. The number of carbonyl (C=O) groups excluding carboxylic acids is 3. The SMILES string of the molecule is COC(=O)c1ccc([C@H]2[C@@H]3C(=O)NC(=O)[C@H]3ON2c2ccc(Br)cc2)cc1. The maximum Gasteiger partial charge on any atom is 0.337 e. The molecule has 2 aliphatic heterocycles. The van der Waals surface area contributed by atoms with Crippen molar-refractivity contribution in [2.24, 2.45) is 5.92 Å². The topological polar surface area (TPSA) is 84.9 Å². The molecule has 2 fully saturated rings. The number of hydroxylamine groups is 1. The zero-order valence-electron chi connectivity index (χ0n) is 14.2. The average molecular weight is 431 g/mol. The quantitative estimate of drug-likeness (QED) is 0.594. The predicted octanol–water partition coefficient (Wildman–Crippen LogP) is 2.37. The zero-order chi connectivity index (χ0) is 19.1. The summed E-state index contributed by atoms with van der Waals surface area (Å²) in [5, 5.41) is 3.92. The summed E-state index contributed by atoms with van der Waals surface area (Å²) < 4.78 is 5.62. The number of anilines is 1. The maximum absolute atomic E-state index is 12.4. The summed E-state index contributed by atoms with van der Waals surface area (Å²) in [6.07, 6.45) is -0.883. The third-order valence-electron chi connectivity index (χ3n) is 4.71. The fourth-order valence-corrected chi connectivity index (χ4v) is 3.68. The highest BCUT2D eigenvalue weighted by atomic mass is 79.9. The van der Waals surface area contributed by atoms with Crippen molar-refractivity contribution in [3.8, 4) is 0 Å². The molecule has 2 amide bonds. The summed E-state index contributed by atoms with van der Waals surface area (Å²) in [6.45, 7) is 0. The van der Waals surface area contributed by atoms with Gasteiger partial charge in [-0.05, 0) is 42.0 Å². The first kappa shape index (κ1) is 17.7. The summed E-state index contributed by atoms with van der Waals surface area (Å²) in [5.41, 5.74) is 1.87. The van der Waals surface area contributed by atoms with Crippen LogP contribution in [0, 0.1) is 5.92 Å². The van der Waals surface area contributed by atoms with E-state index in [-0.39, 0.29) is 5.91 Å². The molecule has 0 spiro atoms. The normalized spacial score (nSPS) is 23.9. The van der Waals surface area contributed by atoms with Gasteiger partial charge in [0, 0.05) is 4.47 Å². The Hall–Kier alpha value is -2.71. The van der Waals surface area contributed by atoms with Crippen molar-refractivity contribution < 1.29 is 24.0 Å². The van der Waals surface area contributed by atoms with Gasteiger partial charge in [-0.25, -0.2) is 9.86 Å². The van der Waals surface area contributed by atoms with Crippen molar-refractivity contribution in [3.05, 3.63) is 64.1 Å². The molecule has 0 bridgehead atoms. The highest BCUT2D eigenvalue weighted by molar-refractivity contribution is 9.10. The molecule has 4 rings (SSSR count). The minimum Gasteiger partial charge on any atom is -0.465 e. The largest absolute Gasteiger partial charge is 0.465 e. The minimum atomic E-state index is -0.883. The molecule has 0 aliphatic carbocycles. The summed E-state index contributed by atoms with van der Waals surface area (Å²) in [7, 11) is 1.31. The molecule has 0 saturated carbocycles. The van der Waals surface area contributed by atoms with Crippen LogP contribution in [-0.4, -0.2) is 31.0 Å². The highest BCUT2D eigenvalue weighted by Gasteiger charge is 2.56. The van der Waals surface area contributed by atoms with Gasteiger partial charge in [-0.2, -0.15) is 0 Å². The fraction of sp³-hybridized carbons (Fsp3) is 0.211. The molecule has 2 saturated heterocycles. The molecule has 1 N–H and O–H groups in total. The standard InChI is InChI=1S/C19H15BrN2O5/c1-26-19(25)11-4-2-10(3-5-11)15-14-16(18(24)21-17(14)23)27-22(15)13-8-6-12(20)7-9-13/h2-9,14-16H,1H3,(H,21,23,24)/t14-,15-,16-/m0/s1. The number of rotatable bonds is 3. The van der Waals surface area contributed by atoms with Crippen molar-refractivity contribution in [1.82, 2.24) is 5.32 Å². The number of halogens is 1. The van der Waals surface area contributed by atoms with Gasteiger partial charge in [-0.1, -0.05) is 28.1 Å². The maximum atomic E-state index is 12.4. The van der Waals surface area contributed by atoms with Gasteiger partial charge in [-0.3, -0.25) is 19.7 Å². The van der Waals surface area contributed by atoms with Gasteiger partial charge in [0.25, 0.3) is 5.91 Å². The Bertz CT molecular complexity index is 913. The number of nitrogens with zero attached hydrogens (tertiary/aromatic N) is 1. The smallest absolute Gasteiger partial charge is 0.337 e.